The summed E-state index contributed by atoms with van der Waals surface area (Å²) in [4.78, 5) is 10.8. The molecule has 0 aliphatic carbocycles. The van der Waals surface area contributed by atoms with Crippen molar-refractivity contribution in [1.82, 2.24) is 9.78 Å². The van der Waals surface area contributed by atoms with Crippen molar-refractivity contribution in [2.45, 2.75) is 19.3 Å². The molecule has 0 fully saturated rings. The Balaban J connectivity index is 2.69. The minimum Gasteiger partial charge on any atom is -0.476 e. The Hall–Kier alpha value is -2.52. The molecule has 0 saturated carbocycles. The Bertz CT molecular complexity index is 729. The first-order valence-corrected chi connectivity index (χ1v) is 5.99. The fourth-order valence-electron chi connectivity index (χ4n) is 1.90. The monoisotopic (exact) mass is 338 g/mol. The van der Waals surface area contributed by atoms with Crippen LogP contribution in [0.25, 0.3) is 5.69 Å². The van der Waals surface area contributed by atoms with E-state index in [-0.39, 0.29) is 11.8 Å². The first kappa shape index (κ1) is 16.8. The Morgan fingerprint density at radius 3 is 1.83 bits per heavy atom. The van der Waals surface area contributed by atoms with E-state index in [1.165, 1.54) is 6.92 Å². The second-order valence-corrected chi connectivity index (χ2v) is 4.65. The zero-order valence-electron chi connectivity index (χ0n) is 11.3. The number of hydrogen-bond donors (Lipinski definition) is 1. The Morgan fingerprint density at radius 2 is 1.48 bits per heavy atom. The maximum absolute atomic E-state index is 12.8. The number of hydrogen-bond acceptors (Lipinski definition) is 2. The average molecular weight is 338 g/mol. The van der Waals surface area contributed by atoms with Crippen LogP contribution in [-0.2, 0) is 12.4 Å². The number of aryl methyl sites for hydroxylation is 1. The Labute approximate surface area is 125 Å². The average Bonchev–Trinajstić information content (AvgIpc) is 2.78. The zero-order chi connectivity index (χ0) is 17.6. The molecule has 0 radical (unpaired) electrons. The van der Waals surface area contributed by atoms with Gasteiger partial charge >= 0.3 is 18.3 Å². The SMILES string of the molecule is Cc1cc(C(=O)O)nn1-c1cc(C(F)(F)F)cc(C(F)(F)F)c1. The largest absolute Gasteiger partial charge is 0.476 e. The van der Waals surface area contributed by atoms with Crippen LogP contribution in [-0.4, -0.2) is 20.9 Å². The molecule has 0 saturated heterocycles. The molecular formula is C13H8F6N2O2. The van der Waals surface area contributed by atoms with Crippen LogP contribution in [0.3, 0.4) is 0 Å². The summed E-state index contributed by atoms with van der Waals surface area (Å²) < 4.78 is 77.5. The fourth-order valence-corrected chi connectivity index (χ4v) is 1.90. The highest BCUT2D eigenvalue weighted by Crippen LogP contribution is 2.37. The summed E-state index contributed by atoms with van der Waals surface area (Å²) in [6.45, 7) is 1.31. The van der Waals surface area contributed by atoms with Gasteiger partial charge in [-0.3, -0.25) is 0 Å². The van der Waals surface area contributed by atoms with Gasteiger partial charge in [0.05, 0.1) is 16.8 Å². The molecule has 1 N–H and O–H groups in total. The molecule has 1 aromatic carbocycles. The molecule has 0 aliphatic rings. The Morgan fingerprint density at radius 1 is 1.00 bits per heavy atom. The summed E-state index contributed by atoms with van der Waals surface area (Å²) in [5.74, 6) is -1.45. The first-order valence-electron chi connectivity index (χ1n) is 5.99. The summed E-state index contributed by atoms with van der Waals surface area (Å²) in [5, 5.41) is 12.3. The van der Waals surface area contributed by atoms with Gasteiger partial charge in [0.1, 0.15) is 0 Å². The van der Waals surface area contributed by atoms with Crippen molar-refractivity contribution in [3.05, 3.63) is 46.8 Å². The van der Waals surface area contributed by atoms with Crippen LogP contribution in [0, 0.1) is 6.92 Å². The summed E-state index contributed by atoms with van der Waals surface area (Å²) in [6, 6.07) is 1.97. The number of halogens is 6. The van der Waals surface area contributed by atoms with E-state index in [0.29, 0.717) is 16.8 Å². The van der Waals surface area contributed by atoms with Gasteiger partial charge in [-0.1, -0.05) is 0 Å². The van der Waals surface area contributed by atoms with Gasteiger partial charge in [-0.25, -0.2) is 9.48 Å². The van der Waals surface area contributed by atoms with Gasteiger partial charge in [0.15, 0.2) is 5.69 Å². The van der Waals surface area contributed by atoms with Gasteiger partial charge in [-0.15, -0.1) is 0 Å². The molecule has 23 heavy (non-hydrogen) atoms. The third-order valence-corrected chi connectivity index (χ3v) is 2.92. The molecule has 0 aliphatic heterocycles. The number of carbonyl (C=O) groups is 1. The molecule has 1 heterocycles. The van der Waals surface area contributed by atoms with E-state index in [0.717, 1.165) is 6.07 Å². The van der Waals surface area contributed by atoms with Crippen LogP contribution in [0.4, 0.5) is 26.3 Å². The second-order valence-electron chi connectivity index (χ2n) is 4.65. The molecule has 0 spiro atoms. The molecule has 2 aromatic rings. The van der Waals surface area contributed by atoms with Gasteiger partial charge in [0, 0.05) is 5.69 Å². The van der Waals surface area contributed by atoms with Gasteiger partial charge in [0.25, 0.3) is 0 Å². The molecule has 2 rings (SSSR count). The topological polar surface area (TPSA) is 55.1 Å². The van der Waals surface area contributed by atoms with Crippen LogP contribution in [0.5, 0.6) is 0 Å². The smallest absolute Gasteiger partial charge is 0.416 e. The lowest BCUT2D eigenvalue weighted by atomic mass is 10.1. The first-order chi connectivity index (χ1) is 10.4. The maximum Gasteiger partial charge on any atom is 0.416 e. The van der Waals surface area contributed by atoms with E-state index < -0.39 is 40.8 Å². The lowest BCUT2D eigenvalue weighted by molar-refractivity contribution is -0.143. The van der Waals surface area contributed by atoms with Crippen molar-refractivity contribution in [2.24, 2.45) is 0 Å². The number of benzene rings is 1. The molecule has 0 unspecified atom stereocenters. The van der Waals surface area contributed by atoms with Crippen molar-refractivity contribution in [1.29, 1.82) is 0 Å². The summed E-state index contributed by atoms with van der Waals surface area (Å²) in [7, 11) is 0. The van der Waals surface area contributed by atoms with Crippen molar-refractivity contribution >= 4 is 5.97 Å². The number of carboxylic acid groups (broad SMARTS) is 1. The second kappa shape index (κ2) is 5.28. The molecule has 124 valence electrons. The molecule has 0 bridgehead atoms. The standard InChI is InChI=1S/C13H8F6N2O2/c1-6-2-10(11(22)23)20-21(6)9-4-7(12(14,15)16)3-8(5-9)13(17,18)19/h2-5H,1H3,(H,22,23). The summed E-state index contributed by atoms with van der Waals surface area (Å²) >= 11 is 0. The molecule has 4 nitrogen and oxygen atoms in total. The number of nitrogens with zero attached hydrogens (tertiary/aromatic N) is 2. The van der Waals surface area contributed by atoms with Gasteiger partial charge in [0.2, 0.25) is 0 Å². The van der Waals surface area contributed by atoms with Crippen LogP contribution in [0.2, 0.25) is 0 Å². The number of aromatic carboxylic acids is 1. The van der Waals surface area contributed by atoms with E-state index in [1.54, 1.807) is 0 Å². The minimum atomic E-state index is -4.99. The number of aromatic nitrogens is 2. The molecule has 0 amide bonds. The van der Waals surface area contributed by atoms with E-state index in [9.17, 15) is 31.1 Å². The van der Waals surface area contributed by atoms with Crippen molar-refractivity contribution < 1.29 is 36.2 Å². The van der Waals surface area contributed by atoms with E-state index >= 15 is 0 Å². The molecular weight excluding hydrogens is 330 g/mol. The number of carboxylic acids is 1. The van der Waals surface area contributed by atoms with Gasteiger partial charge in [-0.05, 0) is 31.2 Å². The van der Waals surface area contributed by atoms with E-state index in [1.807, 2.05) is 0 Å². The highest BCUT2D eigenvalue weighted by atomic mass is 19.4. The highest BCUT2D eigenvalue weighted by molar-refractivity contribution is 5.85. The third-order valence-electron chi connectivity index (χ3n) is 2.92. The van der Waals surface area contributed by atoms with Crippen LogP contribution in [0.1, 0.15) is 27.3 Å². The molecule has 1 aromatic heterocycles. The highest BCUT2D eigenvalue weighted by Gasteiger charge is 2.37. The summed E-state index contributed by atoms with van der Waals surface area (Å²) in [5.41, 5.74) is -3.95. The van der Waals surface area contributed by atoms with Gasteiger partial charge in [-0.2, -0.15) is 31.4 Å². The third kappa shape index (κ3) is 3.46. The quantitative estimate of drug-likeness (QED) is 0.845. The van der Waals surface area contributed by atoms with Crippen molar-refractivity contribution in [2.75, 3.05) is 0 Å². The van der Waals surface area contributed by atoms with Crippen LogP contribution in [0.15, 0.2) is 24.3 Å². The van der Waals surface area contributed by atoms with Crippen LogP contribution >= 0.6 is 0 Å². The predicted molar refractivity (Wildman–Crippen MR) is 65.3 cm³/mol. The van der Waals surface area contributed by atoms with E-state index in [4.69, 9.17) is 5.11 Å². The predicted octanol–water partition coefficient (Wildman–Crippen LogP) is 3.92. The lowest BCUT2D eigenvalue weighted by Gasteiger charge is -2.14. The fraction of sp³-hybridized carbons (Fsp3) is 0.231. The van der Waals surface area contributed by atoms with Crippen LogP contribution < -0.4 is 0 Å². The van der Waals surface area contributed by atoms with E-state index in [2.05, 4.69) is 5.10 Å². The lowest BCUT2D eigenvalue weighted by Crippen LogP contribution is -2.13. The molecule has 0 atom stereocenters. The van der Waals surface area contributed by atoms with Crippen molar-refractivity contribution in [3.8, 4) is 5.69 Å². The minimum absolute atomic E-state index is 0.0135. The van der Waals surface area contributed by atoms with Gasteiger partial charge < -0.3 is 5.11 Å². The number of rotatable bonds is 2. The Kier molecular flexibility index (Phi) is 3.87. The maximum atomic E-state index is 12.8. The van der Waals surface area contributed by atoms with Crippen molar-refractivity contribution in [3.63, 3.8) is 0 Å². The zero-order valence-corrected chi connectivity index (χ0v) is 11.3. The molecule has 10 heteroatoms. The number of alkyl halides is 6. The summed E-state index contributed by atoms with van der Waals surface area (Å²) in [6.07, 6.45) is -9.99. The normalized spacial score (nSPS) is 12.5.